The van der Waals surface area contributed by atoms with E-state index in [0.29, 0.717) is 44.9 Å². The van der Waals surface area contributed by atoms with Crippen LogP contribution in [0.15, 0.2) is 11.6 Å². The molecule has 2 aliphatic heterocycles. The van der Waals surface area contributed by atoms with Gasteiger partial charge in [-0.2, -0.15) is 0 Å². The summed E-state index contributed by atoms with van der Waals surface area (Å²) in [7, 11) is 0. The van der Waals surface area contributed by atoms with Crippen molar-refractivity contribution in [1.29, 1.82) is 0 Å². The van der Waals surface area contributed by atoms with Crippen LogP contribution in [0.3, 0.4) is 0 Å². The molecule has 21 atom stereocenters. The summed E-state index contributed by atoms with van der Waals surface area (Å²) in [5.74, 6) is -0.781. The Bertz CT molecular complexity index is 1400. The van der Waals surface area contributed by atoms with Crippen molar-refractivity contribution in [3.63, 3.8) is 0 Å². The van der Waals surface area contributed by atoms with E-state index >= 15 is 0 Å². The number of hydrogen-bond acceptors (Lipinski definition) is 14. The molecule has 0 radical (unpaired) electrons. The van der Waals surface area contributed by atoms with E-state index in [1.54, 1.807) is 0 Å². The molecule has 0 amide bonds. The van der Waals surface area contributed by atoms with Crippen molar-refractivity contribution >= 4 is 0 Å². The minimum Gasteiger partial charge on any atom is -0.394 e. The quantitative estimate of drug-likeness (QED) is 0.110. The molecule has 324 valence electrons. The lowest BCUT2D eigenvalue weighted by molar-refractivity contribution is -0.349. The first-order chi connectivity index (χ1) is 26.0. The Morgan fingerprint density at radius 2 is 1.32 bits per heavy atom. The molecule has 0 aromatic heterocycles. The maximum Gasteiger partial charge on any atom is 0.187 e. The highest BCUT2D eigenvalue weighted by Gasteiger charge is 2.74. The minimum absolute atomic E-state index is 0.000258. The smallest absolute Gasteiger partial charge is 0.187 e. The standard InChI is InChI=1S/C42H72O14/c1-20(2)10-9-13-42(8,56-37-34(52)32(50)30(48)25(19-44)55-37)21-11-15-40(6)28(21)22(45)16-26-39(5)14-12-27(46)38(3,4)35(39)23(17-41(26,40)7)53-36-33(51)31(49)29(47)24(18-43)54-36/h10,21-37,43-52H,9,11-19H2,1-8H3/t21-,22+,23?,24?,25?,26+,27-,28-,29?,30?,31?,32?,33?,34?,35-,36?,37?,39+,40+,41+,42-/m0/s1. The van der Waals surface area contributed by atoms with E-state index < -0.39 is 120 Å². The molecule has 0 aromatic carbocycles. The van der Waals surface area contributed by atoms with Crippen LogP contribution in [0.1, 0.15) is 107 Å². The van der Waals surface area contributed by atoms with Gasteiger partial charge in [-0.05, 0) is 117 Å². The predicted molar refractivity (Wildman–Crippen MR) is 202 cm³/mol. The van der Waals surface area contributed by atoms with Crippen LogP contribution in [0.25, 0.3) is 0 Å². The number of rotatable bonds is 10. The molecule has 0 bridgehead atoms. The molecule has 2 heterocycles. The Morgan fingerprint density at radius 1 is 0.750 bits per heavy atom. The van der Waals surface area contributed by atoms with Crippen LogP contribution in [0.5, 0.6) is 0 Å². The van der Waals surface area contributed by atoms with E-state index in [9.17, 15) is 51.1 Å². The molecule has 4 aliphatic carbocycles. The summed E-state index contributed by atoms with van der Waals surface area (Å²) in [6, 6.07) is 0. The number of aliphatic hydroxyl groups excluding tert-OH is 10. The van der Waals surface area contributed by atoms with Crippen LogP contribution in [0.4, 0.5) is 0 Å². The number of ether oxygens (including phenoxy) is 4. The SMILES string of the molecule is CC(C)=CCC[C@](C)(OC1OC(CO)C(O)C(O)C1O)[C@H]1CC[C@]2(C)[C@@H]1[C@H](O)C[C@@H]1[C@@]3(C)CC[C@H](O)C(C)(C)[C@@H]3C(OC3OC(CO)C(O)C(O)C3O)C[C@]12C. The molecule has 14 nitrogen and oxygen atoms in total. The zero-order chi connectivity index (χ0) is 41.5. The van der Waals surface area contributed by atoms with Crippen LogP contribution in [0.2, 0.25) is 0 Å². The fourth-order valence-corrected chi connectivity index (χ4v) is 13.5. The molecule has 6 fully saturated rings. The van der Waals surface area contributed by atoms with Gasteiger partial charge < -0.3 is 70.0 Å². The molecule has 6 aliphatic rings. The van der Waals surface area contributed by atoms with Crippen molar-refractivity contribution in [2.24, 2.45) is 45.3 Å². The Labute approximate surface area is 331 Å². The highest BCUT2D eigenvalue weighted by Crippen LogP contribution is 2.76. The summed E-state index contributed by atoms with van der Waals surface area (Å²) in [4.78, 5) is 0. The second kappa shape index (κ2) is 15.9. The highest BCUT2D eigenvalue weighted by atomic mass is 16.7. The predicted octanol–water partition coefficient (Wildman–Crippen LogP) is 1.12. The van der Waals surface area contributed by atoms with Crippen LogP contribution in [-0.2, 0) is 18.9 Å². The molecule has 6 rings (SSSR count). The number of aliphatic hydroxyl groups is 10. The van der Waals surface area contributed by atoms with Gasteiger partial charge in [-0.15, -0.1) is 0 Å². The van der Waals surface area contributed by atoms with Crippen LogP contribution in [0, 0.1) is 45.3 Å². The second-order valence-electron chi connectivity index (χ2n) is 20.2. The fourth-order valence-electron chi connectivity index (χ4n) is 13.5. The largest absolute Gasteiger partial charge is 0.394 e. The fraction of sp³-hybridized carbons (Fsp3) is 0.952. The Hall–Kier alpha value is -0.820. The van der Waals surface area contributed by atoms with E-state index in [4.69, 9.17) is 18.9 Å². The van der Waals surface area contributed by atoms with Gasteiger partial charge in [0, 0.05) is 0 Å². The molecule has 56 heavy (non-hydrogen) atoms. The summed E-state index contributed by atoms with van der Waals surface area (Å²) >= 11 is 0. The molecular weight excluding hydrogens is 728 g/mol. The molecule has 14 heteroatoms. The Balaban J connectivity index is 1.39. The third kappa shape index (κ3) is 7.06. The maximum absolute atomic E-state index is 12.6. The molecule has 0 spiro atoms. The second-order valence-corrected chi connectivity index (χ2v) is 20.2. The van der Waals surface area contributed by atoms with Crippen LogP contribution >= 0.6 is 0 Å². The topological polar surface area (TPSA) is 239 Å². The van der Waals surface area contributed by atoms with Gasteiger partial charge in [0.25, 0.3) is 0 Å². The van der Waals surface area contributed by atoms with Gasteiger partial charge in [0.05, 0.1) is 37.1 Å². The zero-order valence-corrected chi connectivity index (χ0v) is 34.6. The summed E-state index contributed by atoms with van der Waals surface area (Å²) in [6.07, 6.45) is -9.52. The van der Waals surface area contributed by atoms with Gasteiger partial charge in [-0.3, -0.25) is 0 Å². The van der Waals surface area contributed by atoms with Gasteiger partial charge in [-0.25, -0.2) is 0 Å². The monoisotopic (exact) mass is 800 g/mol. The average Bonchev–Trinajstić information content (AvgIpc) is 3.52. The first-order valence-corrected chi connectivity index (χ1v) is 21.0. The third-order valence-corrected chi connectivity index (χ3v) is 16.6. The van der Waals surface area contributed by atoms with E-state index in [2.05, 4.69) is 26.8 Å². The molecule has 4 saturated carbocycles. The molecule has 11 unspecified atom stereocenters. The van der Waals surface area contributed by atoms with Crippen molar-refractivity contribution in [2.75, 3.05) is 13.2 Å². The lowest BCUT2D eigenvalue weighted by Crippen LogP contribution is -2.71. The van der Waals surface area contributed by atoms with E-state index in [0.717, 1.165) is 12.0 Å². The van der Waals surface area contributed by atoms with Crippen molar-refractivity contribution in [1.82, 2.24) is 0 Å². The highest BCUT2D eigenvalue weighted by molar-refractivity contribution is 5.22. The minimum atomic E-state index is -1.61. The summed E-state index contributed by atoms with van der Waals surface area (Å²) in [5, 5.41) is 109. The number of fused-ring (bicyclic) bond motifs is 5. The van der Waals surface area contributed by atoms with E-state index in [-0.39, 0.29) is 23.7 Å². The number of hydrogen-bond donors (Lipinski definition) is 10. The zero-order valence-electron chi connectivity index (χ0n) is 34.6. The molecular formula is C42H72O14. The van der Waals surface area contributed by atoms with Gasteiger partial charge in [-0.1, -0.05) is 46.3 Å². The molecule has 0 aromatic rings. The van der Waals surface area contributed by atoms with Gasteiger partial charge in [0.2, 0.25) is 0 Å². The van der Waals surface area contributed by atoms with E-state index in [1.165, 1.54) is 0 Å². The Kier molecular flexibility index (Phi) is 12.7. The lowest BCUT2D eigenvalue weighted by Gasteiger charge is -2.72. The van der Waals surface area contributed by atoms with Crippen LogP contribution < -0.4 is 0 Å². The van der Waals surface area contributed by atoms with Crippen molar-refractivity contribution in [2.45, 2.75) is 192 Å². The third-order valence-electron chi connectivity index (χ3n) is 16.6. The summed E-state index contributed by atoms with van der Waals surface area (Å²) in [6.45, 7) is 15.7. The van der Waals surface area contributed by atoms with Crippen molar-refractivity contribution < 1.29 is 70.0 Å². The Morgan fingerprint density at radius 3 is 1.89 bits per heavy atom. The van der Waals surface area contributed by atoms with Gasteiger partial charge in [0.1, 0.15) is 48.8 Å². The van der Waals surface area contributed by atoms with Crippen molar-refractivity contribution in [3.8, 4) is 0 Å². The molecule has 10 N–H and O–H groups in total. The van der Waals surface area contributed by atoms with Crippen molar-refractivity contribution in [3.05, 3.63) is 11.6 Å². The van der Waals surface area contributed by atoms with E-state index in [1.807, 2.05) is 34.6 Å². The average molecular weight is 801 g/mol. The van der Waals surface area contributed by atoms with Gasteiger partial charge in [0.15, 0.2) is 12.6 Å². The lowest BCUT2D eigenvalue weighted by atomic mass is 9.34. The maximum atomic E-state index is 12.6. The first-order valence-electron chi connectivity index (χ1n) is 21.0. The summed E-state index contributed by atoms with van der Waals surface area (Å²) in [5.41, 5.74) is -1.92. The first kappa shape index (κ1) is 44.7. The normalized spacial score (nSPS) is 52.6. The summed E-state index contributed by atoms with van der Waals surface area (Å²) < 4.78 is 25.4. The van der Waals surface area contributed by atoms with Crippen LogP contribution in [-0.4, -0.2) is 150 Å². The molecule has 2 saturated heterocycles. The van der Waals surface area contributed by atoms with Gasteiger partial charge >= 0.3 is 0 Å². The number of allylic oxidation sites excluding steroid dienone is 2.